The first kappa shape index (κ1) is 15.8. The maximum atomic E-state index is 13.6. The van der Waals surface area contributed by atoms with Crippen LogP contribution < -0.4 is 5.32 Å². The van der Waals surface area contributed by atoms with E-state index in [-0.39, 0.29) is 19.1 Å². The molecule has 0 spiro atoms. The molecule has 0 bridgehead atoms. The number of piperazine rings is 1. The normalized spacial score (nSPS) is 15.3. The second-order valence-electron chi connectivity index (χ2n) is 5.43. The number of methoxy groups -OCH3 is 1. The fourth-order valence-electron chi connectivity index (χ4n) is 2.74. The Kier molecular flexibility index (Phi) is 4.53. The lowest BCUT2D eigenvalue weighted by Crippen LogP contribution is -2.47. The molecule has 23 heavy (non-hydrogen) atoms. The highest BCUT2D eigenvalue weighted by atomic mass is 19.2. The number of benzene rings is 1. The van der Waals surface area contributed by atoms with E-state index < -0.39 is 11.6 Å². The van der Waals surface area contributed by atoms with Gasteiger partial charge in [0.1, 0.15) is 19.0 Å². The van der Waals surface area contributed by atoms with Crippen molar-refractivity contribution in [2.75, 3.05) is 33.3 Å². The maximum Gasteiger partial charge on any atom is 0.242 e. The van der Waals surface area contributed by atoms with Gasteiger partial charge < -0.3 is 19.5 Å². The van der Waals surface area contributed by atoms with Gasteiger partial charge in [-0.15, -0.1) is 0 Å². The number of imidazole rings is 1. The van der Waals surface area contributed by atoms with Crippen molar-refractivity contribution in [3.8, 4) is 0 Å². The highest BCUT2D eigenvalue weighted by Gasteiger charge is 2.20. The van der Waals surface area contributed by atoms with Crippen LogP contribution in [0.25, 0.3) is 11.0 Å². The third-order valence-electron chi connectivity index (χ3n) is 3.91. The molecule has 1 fully saturated rings. The minimum absolute atomic E-state index is 0.0280. The fraction of sp³-hybridized carbons (Fsp3) is 0.467. The molecule has 1 saturated heterocycles. The molecular formula is C15H18F2N4O2. The first-order chi connectivity index (χ1) is 11.1. The first-order valence-corrected chi connectivity index (χ1v) is 7.41. The smallest absolute Gasteiger partial charge is 0.242 e. The van der Waals surface area contributed by atoms with Crippen LogP contribution in [0.5, 0.6) is 0 Å². The van der Waals surface area contributed by atoms with Crippen LogP contribution in [-0.4, -0.2) is 53.6 Å². The third kappa shape index (κ3) is 3.18. The van der Waals surface area contributed by atoms with Gasteiger partial charge in [-0.05, 0) is 0 Å². The monoisotopic (exact) mass is 324 g/mol. The molecule has 1 aromatic heterocycles. The number of rotatable bonds is 4. The Morgan fingerprint density at radius 2 is 2.00 bits per heavy atom. The summed E-state index contributed by atoms with van der Waals surface area (Å²) in [5.41, 5.74) is 0.698. The fourth-order valence-corrected chi connectivity index (χ4v) is 2.74. The molecule has 124 valence electrons. The zero-order valence-electron chi connectivity index (χ0n) is 12.8. The summed E-state index contributed by atoms with van der Waals surface area (Å²) in [7, 11) is 1.50. The summed E-state index contributed by atoms with van der Waals surface area (Å²) in [5, 5.41) is 3.18. The number of nitrogens with one attached hydrogen (secondary N) is 1. The van der Waals surface area contributed by atoms with Gasteiger partial charge in [-0.3, -0.25) is 4.79 Å². The molecule has 0 aliphatic carbocycles. The molecule has 1 aliphatic heterocycles. The molecule has 2 heterocycles. The molecule has 0 atom stereocenters. The number of hydrogen-bond donors (Lipinski definition) is 1. The Balaban J connectivity index is 1.95. The molecule has 8 heteroatoms. The number of carbonyl (C=O) groups is 1. The Hall–Kier alpha value is -2.06. The van der Waals surface area contributed by atoms with Crippen molar-refractivity contribution in [2.45, 2.75) is 13.2 Å². The second-order valence-corrected chi connectivity index (χ2v) is 5.43. The number of nitrogens with zero attached hydrogens (tertiary/aromatic N) is 3. The average Bonchev–Trinajstić information content (AvgIpc) is 2.86. The number of amides is 1. The molecule has 0 radical (unpaired) electrons. The lowest BCUT2D eigenvalue weighted by Gasteiger charge is -2.27. The number of fused-ring (bicyclic) bond motifs is 1. The molecule has 1 N–H and O–H groups in total. The van der Waals surface area contributed by atoms with Gasteiger partial charge in [-0.25, -0.2) is 13.8 Å². The Bertz CT molecular complexity index is 726. The minimum atomic E-state index is -0.961. The van der Waals surface area contributed by atoms with Crippen LogP contribution in [0.1, 0.15) is 5.82 Å². The van der Waals surface area contributed by atoms with Crippen LogP contribution in [0.15, 0.2) is 12.1 Å². The van der Waals surface area contributed by atoms with E-state index in [0.717, 1.165) is 25.2 Å². The van der Waals surface area contributed by atoms with Crippen molar-refractivity contribution in [1.29, 1.82) is 0 Å². The Labute approximate surface area is 132 Å². The molecule has 2 aromatic rings. The summed E-state index contributed by atoms with van der Waals surface area (Å²) < 4.78 is 33.6. The van der Waals surface area contributed by atoms with Gasteiger partial charge in [0, 0.05) is 45.4 Å². The lowest BCUT2D eigenvalue weighted by atomic mass is 10.3. The lowest BCUT2D eigenvalue weighted by molar-refractivity contribution is -0.132. The van der Waals surface area contributed by atoms with E-state index in [1.165, 1.54) is 7.11 Å². The predicted molar refractivity (Wildman–Crippen MR) is 79.8 cm³/mol. The van der Waals surface area contributed by atoms with Gasteiger partial charge in [0.15, 0.2) is 11.6 Å². The SMILES string of the molecule is COCc1nc2cc(F)c(F)cc2n1CC(=O)N1CCNCC1. The van der Waals surface area contributed by atoms with Crippen molar-refractivity contribution in [2.24, 2.45) is 0 Å². The second kappa shape index (κ2) is 6.59. The Morgan fingerprint density at radius 1 is 1.30 bits per heavy atom. The Morgan fingerprint density at radius 3 is 2.70 bits per heavy atom. The van der Waals surface area contributed by atoms with Gasteiger partial charge in [0.05, 0.1) is 11.0 Å². The highest BCUT2D eigenvalue weighted by molar-refractivity contribution is 5.81. The quantitative estimate of drug-likeness (QED) is 0.908. The molecule has 1 amide bonds. The van der Waals surface area contributed by atoms with Crippen molar-refractivity contribution in [3.05, 3.63) is 29.6 Å². The van der Waals surface area contributed by atoms with E-state index in [0.29, 0.717) is 29.9 Å². The van der Waals surface area contributed by atoms with Gasteiger partial charge in [0.25, 0.3) is 0 Å². The summed E-state index contributed by atoms with van der Waals surface area (Å²) in [4.78, 5) is 18.5. The minimum Gasteiger partial charge on any atom is -0.377 e. The van der Waals surface area contributed by atoms with Crippen LogP contribution in [0, 0.1) is 11.6 Å². The number of hydrogen-bond acceptors (Lipinski definition) is 4. The van der Waals surface area contributed by atoms with E-state index in [1.807, 2.05) is 0 Å². The van der Waals surface area contributed by atoms with E-state index in [2.05, 4.69) is 10.3 Å². The van der Waals surface area contributed by atoms with Crippen LogP contribution in [-0.2, 0) is 22.7 Å². The molecule has 0 unspecified atom stereocenters. The maximum absolute atomic E-state index is 13.6. The van der Waals surface area contributed by atoms with Crippen molar-refractivity contribution >= 4 is 16.9 Å². The van der Waals surface area contributed by atoms with Crippen LogP contribution >= 0.6 is 0 Å². The van der Waals surface area contributed by atoms with E-state index >= 15 is 0 Å². The highest BCUT2D eigenvalue weighted by Crippen LogP contribution is 2.21. The van der Waals surface area contributed by atoms with E-state index in [1.54, 1.807) is 9.47 Å². The van der Waals surface area contributed by atoms with Crippen molar-refractivity contribution < 1.29 is 18.3 Å². The van der Waals surface area contributed by atoms with Gasteiger partial charge in [0.2, 0.25) is 5.91 Å². The molecule has 1 aliphatic rings. The standard InChI is InChI=1S/C15H18F2N4O2/c1-23-9-14-19-12-6-10(16)11(17)7-13(12)21(14)8-15(22)20-4-2-18-3-5-20/h6-7,18H,2-5,8-9H2,1H3. The summed E-state index contributed by atoms with van der Waals surface area (Å²) in [6.07, 6.45) is 0. The summed E-state index contributed by atoms with van der Waals surface area (Å²) in [6.45, 7) is 2.96. The van der Waals surface area contributed by atoms with Gasteiger partial charge >= 0.3 is 0 Å². The number of aromatic nitrogens is 2. The molecule has 0 saturated carbocycles. The van der Waals surface area contributed by atoms with Crippen molar-refractivity contribution in [3.63, 3.8) is 0 Å². The zero-order valence-corrected chi connectivity index (χ0v) is 12.8. The number of ether oxygens (including phenoxy) is 1. The first-order valence-electron chi connectivity index (χ1n) is 7.41. The molecule has 6 nitrogen and oxygen atoms in total. The van der Waals surface area contributed by atoms with Crippen LogP contribution in [0.2, 0.25) is 0 Å². The zero-order chi connectivity index (χ0) is 16.4. The number of halogens is 2. The van der Waals surface area contributed by atoms with Crippen LogP contribution in [0.4, 0.5) is 8.78 Å². The summed E-state index contributed by atoms with van der Waals surface area (Å²) in [5.74, 6) is -1.53. The summed E-state index contributed by atoms with van der Waals surface area (Å²) >= 11 is 0. The van der Waals surface area contributed by atoms with Gasteiger partial charge in [-0.1, -0.05) is 0 Å². The predicted octanol–water partition coefficient (Wildman–Crippen LogP) is 0.893. The molecule has 3 rings (SSSR count). The topological polar surface area (TPSA) is 59.4 Å². The summed E-state index contributed by atoms with van der Waals surface area (Å²) in [6, 6.07) is 2.11. The number of carbonyl (C=O) groups excluding carboxylic acids is 1. The molecule has 1 aromatic carbocycles. The largest absolute Gasteiger partial charge is 0.377 e. The third-order valence-corrected chi connectivity index (χ3v) is 3.91. The van der Waals surface area contributed by atoms with Crippen molar-refractivity contribution in [1.82, 2.24) is 19.8 Å². The molecular weight excluding hydrogens is 306 g/mol. The van der Waals surface area contributed by atoms with E-state index in [4.69, 9.17) is 4.74 Å². The van der Waals surface area contributed by atoms with Crippen LogP contribution in [0.3, 0.4) is 0 Å². The van der Waals surface area contributed by atoms with Gasteiger partial charge in [-0.2, -0.15) is 0 Å². The van der Waals surface area contributed by atoms with E-state index in [9.17, 15) is 13.6 Å². The average molecular weight is 324 g/mol.